The lowest BCUT2D eigenvalue weighted by Crippen LogP contribution is -2.50. The molecule has 0 saturated heterocycles. The van der Waals surface area contributed by atoms with E-state index < -0.39 is 0 Å². The molecule has 1 heterocycles. The van der Waals surface area contributed by atoms with Crippen molar-refractivity contribution < 1.29 is 4.79 Å². The van der Waals surface area contributed by atoms with Gasteiger partial charge >= 0.3 is 0 Å². The Morgan fingerprint density at radius 1 is 1.50 bits per heavy atom. The highest BCUT2D eigenvalue weighted by molar-refractivity contribution is 7.11. The highest BCUT2D eigenvalue weighted by atomic mass is 32.1. The first kappa shape index (κ1) is 13.5. The van der Waals surface area contributed by atoms with Crippen molar-refractivity contribution >= 4 is 17.2 Å². The number of thiazole rings is 1. The van der Waals surface area contributed by atoms with Crippen LogP contribution in [-0.2, 0) is 0 Å². The first-order valence-electron chi connectivity index (χ1n) is 6.41. The summed E-state index contributed by atoms with van der Waals surface area (Å²) in [6, 6.07) is 0. The van der Waals surface area contributed by atoms with Gasteiger partial charge in [0.25, 0.3) is 5.91 Å². The summed E-state index contributed by atoms with van der Waals surface area (Å²) in [4.78, 5) is 19.2. The van der Waals surface area contributed by atoms with Gasteiger partial charge in [-0.05, 0) is 33.9 Å². The highest BCUT2D eigenvalue weighted by Gasteiger charge is 2.36. The molecule has 1 aliphatic rings. The molecular weight excluding hydrogens is 246 g/mol. The van der Waals surface area contributed by atoms with Crippen molar-refractivity contribution in [3.63, 3.8) is 0 Å². The molecule has 1 aromatic rings. The first-order chi connectivity index (χ1) is 8.55. The molecule has 18 heavy (non-hydrogen) atoms. The fourth-order valence-corrected chi connectivity index (χ4v) is 3.38. The molecule has 0 unspecified atom stereocenters. The van der Waals surface area contributed by atoms with Crippen LogP contribution in [0.2, 0.25) is 0 Å². The van der Waals surface area contributed by atoms with E-state index in [-0.39, 0.29) is 11.4 Å². The smallest absolute Gasteiger partial charge is 0.263 e. The maximum Gasteiger partial charge on any atom is 0.263 e. The van der Waals surface area contributed by atoms with Crippen molar-refractivity contribution in [1.29, 1.82) is 0 Å². The summed E-state index contributed by atoms with van der Waals surface area (Å²) >= 11 is 1.41. The topological polar surface area (TPSA) is 45.2 Å². The minimum absolute atomic E-state index is 0.0168. The largest absolute Gasteiger partial charge is 0.349 e. The predicted molar refractivity (Wildman–Crippen MR) is 74.1 cm³/mol. The quantitative estimate of drug-likeness (QED) is 0.908. The molecule has 1 fully saturated rings. The number of rotatable bonds is 4. The van der Waals surface area contributed by atoms with Gasteiger partial charge in [-0.2, -0.15) is 0 Å². The number of likely N-dealkylation sites (N-methyl/N-ethyl adjacent to an activating group) is 1. The van der Waals surface area contributed by atoms with Gasteiger partial charge in [0, 0.05) is 12.1 Å². The van der Waals surface area contributed by atoms with E-state index in [9.17, 15) is 4.79 Å². The van der Waals surface area contributed by atoms with E-state index in [0.717, 1.165) is 17.1 Å². The molecule has 1 aromatic heterocycles. The van der Waals surface area contributed by atoms with Crippen LogP contribution >= 0.6 is 11.3 Å². The minimum Gasteiger partial charge on any atom is -0.349 e. The summed E-state index contributed by atoms with van der Waals surface area (Å²) in [7, 11) is 4.21. The van der Waals surface area contributed by atoms with Crippen LogP contribution in [0.3, 0.4) is 0 Å². The molecule has 1 aliphatic carbocycles. The van der Waals surface area contributed by atoms with Gasteiger partial charge in [-0.3, -0.25) is 4.79 Å². The van der Waals surface area contributed by atoms with E-state index in [1.807, 2.05) is 6.92 Å². The molecule has 2 rings (SSSR count). The number of carbonyl (C=O) groups excluding carboxylic acids is 1. The van der Waals surface area contributed by atoms with Crippen LogP contribution < -0.4 is 5.32 Å². The molecule has 1 saturated carbocycles. The van der Waals surface area contributed by atoms with Crippen molar-refractivity contribution in [2.75, 3.05) is 20.6 Å². The van der Waals surface area contributed by atoms with Crippen molar-refractivity contribution in [3.05, 3.63) is 16.1 Å². The second kappa shape index (κ2) is 5.36. The summed E-state index contributed by atoms with van der Waals surface area (Å²) in [5, 5.41) is 3.08. The van der Waals surface area contributed by atoms with Gasteiger partial charge in [0.1, 0.15) is 4.88 Å². The lowest BCUT2D eigenvalue weighted by atomic mass is 9.96. The average Bonchev–Trinajstić information content (AvgIpc) is 2.95. The summed E-state index contributed by atoms with van der Waals surface area (Å²) in [6.45, 7) is 2.61. The second-order valence-electron chi connectivity index (χ2n) is 5.28. The Bertz CT molecular complexity index is 422. The van der Waals surface area contributed by atoms with Crippen molar-refractivity contribution in [2.24, 2.45) is 0 Å². The Morgan fingerprint density at radius 2 is 2.17 bits per heavy atom. The van der Waals surface area contributed by atoms with Crippen molar-refractivity contribution in [1.82, 2.24) is 15.2 Å². The number of nitrogens with zero attached hydrogens (tertiary/aromatic N) is 2. The molecule has 0 radical (unpaired) electrons. The van der Waals surface area contributed by atoms with Crippen LogP contribution in [0.4, 0.5) is 0 Å². The Labute approximate surface area is 112 Å². The molecule has 0 aliphatic heterocycles. The monoisotopic (exact) mass is 267 g/mol. The van der Waals surface area contributed by atoms with E-state index in [1.54, 1.807) is 5.51 Å². The molecule has 1 amide bonds. The zero-order chi connectivity index (χ0) is 13.2. The third kappa shape index (κ3) is 2.57. The fourth-order valence-electron chi connectivity index (χ4n) is 2.66. The number of aromatic nitrogens is 1. The molecular formula is C13H21N3OS. The third-order valence-electron chi connectivity index (χ3n) is 4.01. The number of hydrogen-bond donors (Lipinski definition) is 1. The van der Waals surface area contributed by atoms with Crippen molar-refractivity contribution in [3.8, 4) is 0 Å². The summed E-state index contributed by atoms with van der Waals surface area (Å²) < 4.78 is 0. The zero-order valence-corrected chi connectivity index (χ0v) is 12.1. The molecule has 4 nitrogen and oxygen atoms in total. The average molecular weight is 267 g/mol. The fraction of sp³-hybridized carbons (Fsp3) is 0.692. The molecule has 1 N–H and O–H groups in total. The predicted octanol–water partition coefficient (Wildman–Crippen LogP) is 2.06. The number of hydrogen-bond acceptors (Lipinski definition) is 4. The highest BCUT2D eigenvalue weighted by Crippen LogP contribution is 2.33. The Hall–Kier alpha value is -0.940. The van der Waals surface area contributed by atoms with E-state index >= 15 is 0 Å². The molecule has 100 valence electrons. The summed E-state index contributed by atoms with van der Waals surface area (Å²) in [6.07, 6.45) is 4.85. The van der Waals surface area contributed by atoms with E-state index in [4.69, 9.17) is 0 Å². The van der Waals surface area contributed by atoms with Gasteiger partial charge in [0.2, 0.25) is 0 Å². The minimum atomic E-state index is 0.0168. The maximum absolute atomic E-state index is 12.1. The molecule has 0 spiro atoms. The van der Waals surface area contributed by atoms with Gasteiger partial charge in [0.15, 0.2) is 0 Å². The maximum atomic E-state index is 12.1. The van der Waals surface area contributed by atoms with Crippen LogP contribution in [0.25, 0.3) is 0 Å². The Balaban J connectivity index is 1.98. The number of carbonyl (C=O) groups is 1. The van der Waals surface area contributed by atoms with Crippen LogP contribution in [0, 0.1) is 6.92 Å². The van der Waals surface area contributed by atoms with Gasteiger partial charge in [0.05, 0.1) is 11.2 Å². The van der Waals surface area contributed by atoms with Gasteiger partial charge < -0.3 is 10.2 Å². The first-order valence-corrected chi connectivity index (χ1v) is 7.29. The third-order valence-corrected chi connectivity index (χ3v) is 4.94. The SMILES string of the molecule is Cc1ncsc1C(=O)NCC1(N(C)C)CCCC1. The number of amides is 1. The Kier molecular flexibility index (Phi) is 4.02. The standard InChI is InChI=1S/C13H21N3OS/c1-10-11(18-9-15-10)12(17)14-8-13(16(2)3)6-4-5-7-13/h9H,4-8H2,1-3H3,(H,14,17). The lowest BCUT2D eigenvalue weighted by molar-refractivity contribution is 0.0903. The Morgan fingerprint density at radius 3 is 2.67 bits per heavy atom. The lowest BCUT2D eigenvalue weighted by Gasteiger charge is -2.36. The summed E-state index contributed by atoms with van der Waals surface area (Å²) in [5.41, 5.74) is 2.69. The molecule has 0 aromatic carbocycles. The van der Waals surface area contributed by atoms with Crippen molar-refractivity contribution in [2.45, 2.75) is 38.1 Å². The van der Waals surface area contributed by atoms with Crippen LogP contribution in [-0.4, -0.2) is 42.0 Å². The van der Waals surface area contributed by atoms with E-state index in [1.165, 1.54) is 37.0 Å². The molecule has 0 bridgehead atoms. The van der Waals surface area contributed by atoms with Crippen LogP contribution in [0.15, 0.2) is 5.51 Å². The summed E-state index contributed by atoms with van der Waals surface area (Å²) in [5.74, 6) is 0.0168. The van der Waals surface area contributed by atoms with E-state index in [2.05, 4.69) is 29.3 Å². The van der Waals surface area contributed by atoms with E-state index in [0.29, 0.717) is 0 Å². The van der Waals surface area contributed by atoms with Crippen LogP contribution in [0.5, 0.6) is 0 Å². The van der Waals surface area contributed by atoms with Gasteiger partial charge in [-0.1, -0.05) is 12.8 Å². The number of aryl methyl sites for hydroxylation is 1. The zero-order valence-electron chi connectivity index (χ0n) is 11.3. The second-order valence-corrected chi connectivity index (χ2v) is 6.13. The van der Waals surface area contributed by atoms with Crippen LogP contribution in [0.1, 0.15) is 41.0 Å². The molecule has 5 heteroatoms. The normalized spacial score (nSPS) is 18.2. The van der Waals surface area contributed by atoms with Gasteiger partial charge in [-0.25, -0.2) is 4.98 Å². The number of nitrogens with one attached hydrogen (secondary N) is 1. The molecule has 0 atom stereocenters. The van der Waals surface area contributed by atoms with Gasteiger partial charge in [-0.15, -0.1) is 11.3 Å².